The molecular weight excluding hydrogens is 426 g/mol. The van der Waals surface area contributed by atoms with Crippen molar-refractivity contribution in [2.45, 2.75) is 68.5 Å². The van der Waals surface area contributed by atoms with Gasteiger partial charge in [0, 0.05) is 29.2 Å². The first-order chi connectivity index (χ1) is 14.5. The SMILES string of the molecule is CC1(O)CC(N[C@]2(O)CC[C@@](F)(C(=O)CCc3ccc(F)cc3Cl)c3cccnc32)C1. The molecule has 1 saturated carbocycles. The number of carbonyl (C=O) groups is 1. The fourth-order valence-electron chi connectivity index (χ4n) is 4.70. The molecule has 0 unspecified atom stereocenters. The third-order valence-electron chi connectivity index (χ3n) is 6.35. The van der Waals surface area contributed by atoms with Crippen molar-refractivity contribution in [1.82, 2.24) is 10.3 Å². The number of hydrogen-bond acceptors (Lipinski definition) is 5. The average molecular weight is 451 g/mol. The Morgan fingerprint density at radius 2 is 2.03 bits per heavy atom. The summed E-state index contributed by atoms with van der Waals surface area (Å²) in [6, 6.07) is 6.79. The molecule has 4 rings (SSSR count). The highest BCUT2D eigenvalue weighted by atomic mass is 35.5. The number of carbonyl (C=O) groups excluding carboxylic acids is 1. The van der Waals surface area contributed by atoms with Gasteiger partial charge in [0.2, 0.25) is 0 Å². The van der Waals surface area contributed by atoms with Crippen molar-refractivity contribution in [3.8, 4) is 0 Å². The highest BCUT2D eigenvalue weighted by Crippen LogP contribution is 2.46. The topological polar surface area (TPSA) is 82.5 Å². The molecule has 0 radical (unpaired) electrons. The Hall–Kier alpha value is -1.93. The van der Waals surface area contributed by atoms with Crippen molar-refractivity contribution in [3.63, 3.8) is 0 Å². The highest BCUT2D eigenvalue weighted by Gasteiger charge is 2.53. The number of nitrogens with zero attached hydrogens (tertiary/aromatic N) is 1. The molecule has 2 aliphatic rings. The number of rotatable bonds is 6. The van der Waals surface area contributed by atoms with E-state index in [2.05, 4.69) is 10.3 Å². The van der Waals surface area contributed by atoms with Gasteiger partial charge in [0.25, 0.3) is 0 Å². The van der Waals surface area contributed by atoms with Crippen molar-refractivity contribution in [2.75, 3.05) is 0 Å². The molecule has 3 N–H and O–H groups in total. The third kappa shape index (κ3) is 4.24. The molecule has 5 nitrogen and oxygen atoms in total. The lowest BCUT2D eigenvalue weighted by Crippen LogP contribution is -2.60. The Morgan fingerprint density at radius 1 is 1.29 bits per heavy atom. The second kappa shape index (κ2) is 7.89. The summed E-state index contributed by atoms with van der Waals surface area (Å²) in [5.74, 6) is -1.11. The quantitative estimate of drug-likeness (QED) is 0.585. The van der Waals surface area contributed by atoms with E-state index in [1.54, 1.807) is 6.92 Å². The molecule has 1 fully saturated rings. The molecule has 1 heterocycles. The summed E-state index contributed by atoms with van der Waals surface area (Å²) in [6.45, 7) is 1.72. The molecule has 2 atom stereocenters. The minimum absolute atomic E-state index is 0.0325. The number of pyridine rings is 1. The van der Waals surface area contributed by atoms with Gasteiger partial charge in [-0.1, -0.05) is 23.7 Å². The standard InChI is InChI=1S/C23H25ClF2N2O3/c1-21(30)12-16(13-21)28-23(31)9-8-22(26,17-3-2-10-27-20(17)23)19(29)7-5-14-4-6-15(25)11-18(14)24/h2-4,6,10-11,16,28,30-31H,5,7-9,12-13H2,1H3/t16?,21?,22-,23-/m0/s1. The molecule has 0 spiro atoms. The predicted molar refractivity (Wildman–Crippen MR) is 112 cm³/mol. The lowest BCUT2D eigenvalue weighted by atomic mass is 9.73. The number of aromatic nitrogens is 1. The maximum Gasteiger partial charge on any atom is 0.195 e. The monoisotopic (exact) mass is 450 g/mol. The Balaban J connectivity index is 1.54. The van der Waals surface area contributed by atoms with Crippen LogP contribution in [-0.2, 0) is 22.6 Å². The molecule has 31 heavy (non-hydrogen) atoms. The zero-order valence-electron chi connectivity index (χ0n) is 17.2. The number of benzene rings is 1. The first-order valence-corrected chi connectivity index (χ1v) is 10.7. The van der Waals surface area contributed by atoms with Crippen molar-refractivity contribution in [2.24, 2.45) is 0 Å². The van der Waals surface area contributed by atoms with Crippen LogP contribution in [0.15, 0.2) is 36.5 Å². The van der Waals surface area contributed by atoms with E-state index in [0.29, 0.717) is 18.4 Å². The second-order valence-electron chi connectivity index (χ2n) is 8.97. The van der Waals surface area contributed by atoms with Gasteiger partial charge in [0.15, 0.2) is 17.2 Å². The summed E-state index contributed by atoms with van der Waals surface area (Å²) in [6.07, 6.45) is 2.22. The van der Waals surface area contributed by atoms with Gasteiger partial charge in [-0.15, -0.1) is 0 Å². The zero-order valence-corrected chi connectivity index (χ0v) is 17.9. The van der Waals surface area contributed by atoms with Crippen LogP contribution in [0.4, 0.5) is 8.78 Å². The van der Waals surface area contributed by atoms with Gasteiger partial charge in [-0.3, -0.25) is 15.1 Å². The molecule has 0 bridgehead atoms. The number of alkyl halides is 1. The van der Waals surface area contributed by atoms with E-state index < -0.39 is 28.6 Å². The molecule has 0 aliphatic heterocycles. The van der Waals surface area contributed by atoms with Crippen molar-refractivity contribution >= 4 is 17.4 Å². The maximum absolute atomic E-state index is 16.1. The van der Waals surface area contributed by atoms with Crippen LogP contribution < -0.4 is 5.32 Å². The molecule has 1 aromatic heterocycles. The van der Waals surface area contributed by atoms with Gasteiger partial charge in [-0.25, -0.2) is 8.78 Å². The summed E-state index contributed by atoms with van der Waals surface area (Å²) >= 11 is 6.03. The minimum Gasteiger partial charge on any atom is -0.390 e. The van der Waals surface area contributed by atoms with Crippen LogP contribution in [0, 0.1) is 5.82 Å². The first-order valence-electron chi connectivity index (χ1n) is 10.4. The molecular formula is C23H25ClF2N2O3. The van der Waals surface area contributed by atoms with Crippen LogP contribution in [0.25, 0.3) is 0 Å². The molecule has 2 aromatic rings. The number of halogens is 3. The Bertz CT molecular complexity index is 1010. The summed E-state index contributed by atoms with van der Waals surface area (Å²) in [7, 11) is 0. The lowest BCUT2D eigenvalue weighted by molar-refractivity contribution is -0.137. The number of aliphatic hydroxyl groups is 2. The number of Topliss-reactive ketones (excluding diaryl/α,β-unsaturated/α-hetero) is 1. The largest absolute Gasteiger partial charge is 0.390 e. The number of aryl methyl sites for hydroxylation is 1. The van der Waals surface area contributed by atoms with E-state index in [9.17, 15) is 19.4 Å². The Labute approximate surface area is 184 Å². The van der Waals surface area contributed by atoms with Gasteiger partial charge >= 0.3 is 0 Å². The highest BCUT2D eigenvalue weighted by molar-refractivity contribution is 6.31. The predicted octanol–water partition coefficient (Wildman–Crippen LogP) is 3.68. The van der Waals surface area contributed by atoms with Crippen LogP contribution in [0.5, 0.6) is 0 Å². The van der Waals surface area contributed by atoms with E-state index in [4.69, 9.17) is 11.6 Å². The van der Waals surface area contributed by atoms with Gasteiger partial charge in [0.1, 0.15) is 5.82 Å². The molecule has 8 heteroatoms. The lowest BCUT2D eigenvalue weighted by Gasteiger charge is -2.47. The van der Waals surface area contributed by atoms with Crippen molar-refractivity contribution in [1.29, 1.82) is 0 Å². The summed E-state index contributed by atoms with van der Waals surface area (Å²) in [5, 5.41) is 24.5. The van der Waals surface area contributed by atoms with Gasteiger partial charge in [0.05, 0.1) is 11.3 Å². The maximum atomic E-state index is 16.1. The molecule has 166 valence electrons. The Morgan fingerprint density at radius 3 is 2.71 bits per heavy atom. The summed E-state index contributed by atoms with van der Waals surface area (Å²) in [5.41, 5.74) is -3.92. The number of nitrogens with one attached hydrogen (secondary N) is 1. The molecule has 0 amide bonds. The van der Waals surface area contributed by atoms with Crippen LogP contribution >= 0.6 is 11.6 Å². The van der Waals surface area contributed by atoms with E-state index in [0.717, 1.165) is 6.07 Å². The average Bonchev–Trinajstić information content (AvgIpc) is 2.69. The Kier molecular flexibility index (Phi) is 5.67. The number of ketones is 1. The third-order valence-corrected chi connectivity index (χ3v) is 6.70. The van der Waals surface area contributed by atoms with Crippen molar-refractivity contribution < 1.29 is 23.8 Å². The fraction of sp³-hybridized carbons (Fsp3) is 0.478. The van der Waals surface area contributed by atoms with E-state index in [-0.39, 0.29) is 48.0 Å². The fourth-order valence-corrected chi connectivity index (χ4v) is 4.97. The molecule has 0 saturated heterocycles. The van der Waals surface area contributed by atoms with E-state index >= 15 is 4.39 Å². The molecule has 2 aliphatic carbocycles. The van der Waals surface area contributed by atoms with Crippen LogP contribution in [0.1, 0.15) is 55.8 Å². The van der Waals surface area contributed by atoms with E-state index in [1.165, 1.54) is 30.5 Å². The number of fused-ring (bicyclic) bond motifs is 1. The summed E-state index contributed by atoms with van der Waals surface area (Å²) < 4.78 is 29.3. The van der Waals surface area contributed by atoms with Gasteiger partial charge in [-0.2, -0.15) is 0 Å². The molecule has 1 aromatic carbocycles. The van der Waals surface area contributed by atoms with Crippen LogP contribution in [0.2, 0.25) is 5.02 Å². The zero-order chi connectivity index (χ0) is 22.4. The van der Waals surface area contributed by atoms with Crippen LogP contribution in [0.3, 0.4) is 0 Å². The first kappa shape index (κ1) is 22.3. The number of hydrogen-bond donors (Lipinski definition) is 3. The van der Waals surface area contributed by atoms with Gasteiger partial charge < -0.3 is 10.2 Å². The van der Waals surface area contributed by atoms with Crippen LogP contribution in [-0.4, -0.2) is 32.6 Å². The van der Waals surface area contributed by atoms with Gasteiger partial charge in [-0.05, 0) is 62.8 Å². The summed E-state index contributed by atoms with van der Waals surface area (Å²) in [4.78, 5) is 17.2. The minimum atomic E-state index is -2.28. The smallest absolute Gasteiger partial charge is 0.195 e. The second-order valence-corrected chi connectivity index (χ2v) is 9.37. The van der Waals surface area contributed by atoms with E-state index in [1.807, 2.05) is 0 Å². The van der Waals surface area contributed by atoms with Crippen molar-refractivity contribution in [3.05, 3.63) is 64.2 Å². The normalized spacial score (nSPS) is 32.3.